The van der Waals surface area contributed by atoms with Crippen molar-refractivity contribution >= 4 is 35.5 Å². The number of β-amino-alcohol motifs (C(OH)–C–C–N with tert-alkyl or cyclic N) is 1. The van der Waals surface area contributed by atoms with Gasteiger partial charge in [-0.3, -0.25) is 4.79 Å². The molecule has 2 aliphatic heterocycles. The van der Waals surface area contributed by atoms with Crippen LogP contribution in [0.2, 0.25) is 0 Å². The van der Waals surface area contributed by atoms with E-state index >= 15 is 0 Å². The van der Waals surface area contributed by atoms with Crippen molar-refractivity contribution in [1.82, 2.24) is 9.21 Å². The second-order valence-corrected chi connectivity index (χ2v) is 10.5. The molecule has 1 saturated heterocycles. The first-order chi connectivity index (χ1) is 16.9. The van der Waals surface area contributed by atoms with Crippen LogP contribution in [-0.2, 0) is 4.79 Å². The molecule has 0 saturated carbocycles. The molecule has 2 aromatic rings. The molecule has 4 rings (SSSR count). The number of nitrogens with zero attached hydrogens (tertiary/aromatic N) is 3. The quantitative estimate of drug-likeness (QED) is 0.498. The summed E-state index contributed by atoms with van der Waals surface area (Å²) in [5.74, 6) is 0.512. The SMILES string of the molecule is CCCN(CCC)C(=O)C1=Cc2ccc(-c3cccc(SN4CCC(O)C4)c3C)cc2N=C(N)C1. The molecule has 6 nitrogen and oxygen atoms in total. The van der Waals surface area contributed by atoms with Crippen molar-refractivity contribution in [3.8, 4) is 11.1 Å². The van der Waals surface area contributed by atoms with E-state index in [2.05, 4.69) is 60.4 Å². The topological polar surface area (TPSA) is 82.2 Å². The van der Waals surface area contributed by atoms with Gasteiger partial charge < -0.3 is 15.7 Å². The van der Waals surface area contributed by atoms with Crippen molar-refractivity contribution in [1.29, 1.82) is 0 Å². The number of aliphatic imine (C=N–C) groups is 1. The molecule has 0 aliphatic carbocycles. The van der Waals surface area contributed by atoms with Crippen LogP contribution >= 0.6 is 11.9 Å². The molecule has 2 aliphatic rings. The smallest absolute Gasteiger partial charge is 0.250 e. The normalized spacial score (nSPS) is 18.0. The molecule has 1 unspecified atom stereocenters. The Balaban J connectivity index is 1.63. The molecular formula is C28H36N4O2S. The summed E-state index contributed by atoms with van der Waals surface area (Å²) in [6, 6.07) is 12.5. The molecule has 3 N–H and O–H groups in total. The Morgan fingerprint density at radius 2 is 2.00 bits per heavy atom. The van der Waals surface area contributed by atoms with Gasteiger partial charge in [-0.2, -0.15) is 0 Å². The predicted molar refractivity (Wildman–Crippen MR) is 146 cm³/mol. The van der Waals surface area contributed by atoms with E-state index in [1.165, 1.54) is 10.5 Å². The van der Waals surface area contributed by atoms with Gasteiger partial charge in [-0.1, -0.05) is 38.1 Å². The number of hydrogen-bond donors (Lipinski definition) is 2. The standard InChI is InChI=1S/C28H36N4O2S/c1-4-12-31(13-5-2)28(34)22-15-21-10-9-20(16-25(21)30-27(29)17-22)24-7-6-8-26(19(24)3)35-32-14-11-23(33)18-32/h6-10,15-16,23,33H,4-5,11-14,17-18H2,1-3H3,(H2,29,30). The molecule has 186 valence electrons. The largest absolute Gasteiger partial charge is 0.392 e. The number of benzene rings is 2. The Hall–Kier alpha value is -2.61. The Kier molecular flexibility index (Phi) is 8.31. The molecule has 1 fully saturated rings. The van der Waals surface area contributed by atoms with Crippen molar-refractivity contribution in [2.45, 2.75) is 57.5 Å². The summed E-state index contributed by atoms with van der Waals surface area (Å²) in [5.41, 5.74) is 12.1. The van der Waals surface area contributed by atoms with E-state index in [0.717, 1.165) is 61.3 Å². The van der Waals surface area contributed by atoms with Crippen LogP contribution in [-0.4, -0.2) is 58.3 Å². The van der Waals surface area contributed by atoms with Gasteiger partial charge in [0.2, 0.25) is 5.91 Å². The summed E-state index contributed by atoms with van der Waals surface area (Å²) >= 11 is 1.71. The highest BCUT2D eigenvalue weighted by atomic mass is 32.2. The number of hydrogen-bond acceptors (Lipinski definition) is 6. The highest BCUT2D eigenvalue weighted by Gasteiger charge is 2.23. The molecule has 1 atom stereocenters. The summed E-state index contributed by atoms with van der Waals surface area (Å²) < 4.78 is 2.22. The second kappa shape index (κ2) is 11.4. The van der Waals surface area contributed by atoms with Gasteiger partial charge in [-0.25, -0.2) is 9.30 Å². The van der Waals surface area contributed by atoms with Crippen molar-refractivity contribution in [3.05, 3.63) is 53.1 Å². The minimum absolute atomic E-state index is 0.0522. The van der Waals surface area contributed by atoms with Gasteiger partial charge in [0.1, 0.15) is 5.84 Å². The summed E-state index contributed by atoms with van der Waals surface area (Å²) in [5, 5.41) is 9.87. The summed E-state index contributed by atoms with van der Waals surface area (Å²) in [4.78, 5) is 21.0. The second-order valence-electron chi connectivity index (χ2n) is 9.37. The predicted octanol–water partition coefficient (Wildman–Crippen LogP) is 5.16. The van der Waals surface area contributed by atoms with Crippen molar-refractivity contribution in [3.63, 3.8) is 0 Å². The van der Waals surface area contributed by atoms with Crippen LogP contribution in [0.3, 0.4) is 0 Å². The number of amidine groups is 1. The van der Waals surface area contributed by atoms with Crippen molar-refractivity contribution in [2.24, 2.45) is 10.7 Å². The van der Waals surface area contributed by atoms with E-state index in [9.17, 15) is 9.90 Å². The van der Waals surface area contributed by atoms with Crippen LogP contribution in [0.15, 0.2) is 51.9 Å². The third-order valence-corrected chi connectivity index (χ3v) is 7.72. The third kappa shape index (κ3) is 5.97. The number of fused-ring (bicyclic) bond motifs is 1. The molecule has 1 amide bonds. The maximum Gasteiger partial charge on any atom is 0.250 e. The fraction of sp³-hybridized carbons (Fsp3) is 0.429. The maximum absolute atomic E-state index is 13.2. The molecule has 2 heterocycles. The first-order valence-electron chi connectivity index (χ1n) is 12.6. The van der Waals surface area contributed by atoms with E-state index in [0.29, 0.717) is 24.4 Å². The van der Waals surface area contributed by atoms with Gasteiger partial charge in [-0.15, -0.1) is 0 Å². The number of rotatable bonds is 8. The van der Waals surface area contributed by atoms with Gasteiger partial charge in [0.05, 0.1) is 11.8 Å². The third-order valence-electron chi connectivity index (χ3n) is 6.49. The Labute approximate surface area is 213 Å². The number of aliphatic hydroxyl groups excluding tert-OH is 1. The monoisotopic (exact) mass is 492 g/mol. The van der Waals surface area contributed by atoms with Crippen LogP contribution in [0.1, 0.15) is 50.7 Å². The summed E-state index contributed by atoms with van der Waals surface area (Å²) in [6.45, 7) is 9.40. The van der Waals surface area contributed by atoms with Crippen LogP contribution in [0.25, 0.3) is 17.2 Å². The first-order valence-corrected chi connectivity index (χ1v) is 13.3. The fourth-order valence-corrected chi connectivity index (χ4v) is 5.82. The first kappa shape index (κ1) is 25.5. The average Bonchev–Trinajstić information content (AvgIpc) is 3.16. The van der Waals surface area contributed by atoms with E-state index in [1.54, 1.807) is 11.9 Å². The highest BCUT2D eigenvalue weighted by molar-refractivity contribution is 7.97. The lowest BCUT2D eigenvalue weighted by Crippen LogP contribution is -2.34. The number of nitrogens with two attached hydrogens (primary N) is 1. The van der Waals surface area contributed by atoms with Gasteiger partial charge in [0, 0.05) is 48.6 Å². The number of aliphatic hydroxyl groups is 1. The summed E-state index contributed by atoms with van der Waals surface area (Å²) in [7, 11) is 0. The van der Waals surface area contributed by atoms with E-state index in [1.807, 2.05) is 17.0 Å². The molecule has 0 aromatic heterocycles. The maximum atomic E-state index is 13.2. The highest BCUT2D eigenvalue weighted by Crippen LogP contribution is 2.37. The lowest BCUT2D eigenvalue weighted by atomic mass is 9.97. The zero-order valence-corrected chi connectivity index (χ0v) is 21.8. The summed E-state index contributed by atoms with van der Waals surface area (Å²) in [6.07, 6.45) is 4.76. The van der Waals surface area contributed by atoms with E-state index in [-0.39, 0.29) is 12.0 Å². The van der Waals surface area contributed by atoms with E-state index < -0.39 is 0 Å². The lowest BCUT2D eigenvalue weighted by molar-refractivity contribution is -0.127. The molecule has 35 heavy (non-hydrogen) atoms. The lowest BCUT2D eigenvalue weighted by Gasteiger charge is -2.22. The van der Waals surface area contributed by atoms with Crippen LogP contribution in [0, 0.1) is 6.92 Å². The van der Waals surface area contributed by atoms with Gasteiger partial charge in [0.25, 0.3) is 0 Å². The molecule has 2 aromatic carbocycles. The van der Waals surface area contributed by atoms with Crippen LogP contribution in [0.4, 0.5) is 5.69 Å². The van der Waals surface area contributed by atoms with Crippen LogP contribution in [0.5, 0.6) is 0 Å². The molecule has 0 bridgehead atoms. The van der Waals surface area contributed by atoms with Gasteiger partial charge in [-0.05, 0) is 73.0 Å². The fourth-order valence-electron chi connectivity index (χ4n) is 4.71. The Morgan fingerprint density at radius 3 is 2.69 bits per heavy atom. The zero-order valence-electron chi connectivity index (χ0n) is 21.0. The zero-order chi connectivity index (χ0) is 24.9. The van der Waals surface area contributed by atoms with E-state index in [4.69, 9.17) is 5.73 Å². The number of amides is 1. The Bertz CT molecular complexity index is 1140. The molecule has 0 radical (unpaired) electrons. The van der Waals surface area contributed by atoms with Crippen molar-refractivity contribution < 1.29 is 9.90 Å². The van der Waals surface area contributed by atoms with Crippen molar-refractivity contribution in [2.75, 3.05) is 26.2 Å². The van der Waals surface area contributed by atoms with Crippen LogP contribution < -0.4 is 5.73 Å². The number of carbonyl (C=O) groups is 1. The molecule has 0 spiro atoms. The minimum Gasteiger partial charge on any atom is -0.392 e. The van der Waals surface area contributed by atoms with Gasteiger partial charge >= 0.3 is 0 Å². The van der Waals surface area contributed by atoms with Gasteiger partial charge in [0.15, 0.2) is 0 Å². The minimum atomic E-state index is -0.236. The number of carbonyl (C=O) groups excluding carboxylic acids is 1. The molecule has 7 heteroatoms. The molecular weight excluding hydrogens is 456 g/mol. The Morgan fingerprint density at radius 1 is 1.23 bits per heavy atom. The average molecular weight is 493 g/mol.